The lowest BCUT2D eigenvalue weighted by Crippen LogP contribution is -2.22. The number of nitrogens with two attached hydrogens (primary N) is 1. The average molecular weight is 354 g/mol. The number of amides is 1. The van der Waals surface area contributed by atoms with Gasteiger partial charge in [0.1, 0.15) is 6.34 Å². The molecule has 0 aliphatic heterocycles. The number of nitrogens with zero attached hydrogens (tertiary/aromatic N) is 1. The lowest BCUT2D eigenvalue weighted by Gasteiger charge is -2.12. The number of hydrogen-bond acceptors (Lipinski definition) is 4. The van der Waals surface area contributed by atoms with Gasteiger partial charge in [0.25, 0.3) is 5.91 Å². The largest absolute Gasteiger partial charge is 0.481 e. The van der Waals surface area contributed by atoms with Crippen LogP contribution in [0.4, 0.5) is 5.69 Å². The second-order valence-corrected chi connectivity index (χ2v) is 5.90. The average Bonchev–Trinajstić information content (AvgIpc) is 2.64. The molecule has 0 aliphatic carbocycles. The number of hydrogen-bond donors (Lipinski definition) is 4. The number of carbonyl (C=O) groups excluding carboxylic acids is 1. The molecule has 0 saturated heterocycles. The Morgan fingerprint density at radius 3 is 2.73 bits per heavy atom. The molecular weight excluding hydrogens is 332 g/mol. The predicted octanol–water partition coefficient (Wildman–Crippen LogP) is 2.32. The second-order valence-electron chi connectivity index (χ2n) is 5.90. The number of rotatable bonds is 8. The van der Waals surface area contributed by atoms with E-state index in [0.717, 1.165) is 11.1 Å². The number of nitrogens with one attached hydrogen (secondary N) is 2. The zero-order valence-electron chi connectivity index (χ0n) is 14.5. The van der Waals surface area contributed by atoms with E-state index in [-0.39, 0.29) is 18.2 Å². The first-order valence-electron chi connectivity index (χ1n) is 8.17. The SMILES string of the molecule is C[C@H](CC(=O)O)c1cccc(CNC(=O)c2cccc(N=CNN)c2)c1. The molecule has 0 spiro atoms. The highest BCUT2D eigenvalue weighted by Gasteiger charge is 2.11. The van der Waals surface area contributed by atoms with Gasteiger partial charge in [-0.1, -0.05) is 37.3 Å². The summed E-state index contributed by atoms with van der Waals surface area (Å²) in [5.41, 5.74) is 5.26. The Morgan fingerprint density at radius 1 is 1.23 bits per heavy atom. The molecule has 136 valence electrons. The highest BCUT2D eigenvalue weighted by atomic mass is 16.4. The monoisotopic (exact) mass is 354 g/mol. The van der Waals surface area contributed by atoms with Gasteiger partial charge in [0.2, 0.25) is 0 Å². The molecule has 26 heavy (non-hydrogen) atoms. The minimum absolute atomic E-state index is 0.0702. The fourth-order valence-electron chi connectivity index (χ4n) is 2.51. The Kier molecular flexibility index (Phi) is 6.87. The Hall–Kier alpha value is -3.19. The van der Waals surface area contributed by atoms with Crippen LogP contribution in [0.25, 0.3) is 0 Å². The molecule has 2 aromatic carbocycles. The van der Waals surface area contributed by atoms with E-state index < -0.39 is 5.97 Å². The van der Waals surface area contributed by atoms with Crippen LogP contribution in [0.15, 0.2) is 53.5 Å². The lowest BCUT2D eigenvalue weighted by molar-refractivity contribution is -0.137. The van der Waals surface area contributed by atoms with Gasteiger partial charge >= 0.3 is 5.97 Å². The third kappa shape index (κ3) is 5.71. The van der Waals surface area contributed by atoms with Crippen molar-refractivity contribution in [2.75, 3.05) is 0 Å². The van der Waals surface area contributed by atoms with E-state index in [0.29, 0.717) is 17.8 Å². The number of hydrazine groups is 1. The van der Waals surface area contributed by atoms with Crippen molar-refractivity contribution in [1.82, 2.24) is 10.7 Å². The first-order chi connectivity index (χ1) is 12.5. The number of carboxylic acid groups (broad SMARTS) is 1. The third-order valence-electron chi connectivity index (χ3n) is 3.85. The molecule has 5 N–H and O–H groups in total. The van der Waals surface area contributed by atoms with Gasteiger partial charge < -0.3 is 15.8 Å². The summed E-state index contributed by atoms with van der Waals surface area (Å²) in [6.45, 7) is 2.22. The van der Waals surface area contributed by atoms with Crippen LogP contribution < -0.4 is 16.6 Å². The van der Waals surface area contributed by atoms with Crippen molar-refractivity contribution in [3.63, 3.8) is 0 Å². The molecular formula is C19H22N4O3. The van der Waals surface area contributed by atoms with Crippen molar-refractivity contribution in [2.45, 2.75) is 25.8 Å². The minimum Gasteiger partial charge on any atom is -0.481 e. The van der Waals surface area contributed by atoms with Gasteiger partial charge in [-0.25, -0.2) is 10.8 Å². The van der Waals surface area contributed by atoms with Crippen molar-refractivity contribution < 1.29 is 14.7 Å². The molecule has 2 aromatic rings. The maximum atomic E-state index is 12.3. The Bertz CT molecular complexity index is 805. The van der Waals surface area contributed by atoms with E-state index >= 15 is 0 Å². The van der Waals surface area contributed by atoms with E-state index in [1.807, 2.05) is 31.2 Å². The van der Waals surface area contributed by atoms with Crippen LogP contribution >= 0.6 is 0 Å². The van der Waals surface area contributed by atoms with Crippen molar-refractivity contribution in [3.05, 3.63) is 65.2 Å². The minimum atomic E-state index is -0.830. The summed E-state index contributed by atoms with van der Waals surface area (Å²) >= 11 is 0. The number of carbonyl (C=O) groups is 2. The van der Waals surface area contributed by atoms with E-state index in [9.17, 15) is 9.59 Å². The summed E-state index contributed by atoms with van der Waals surface area (Å²) in [7, 11) is 0. The summed E-state index contributed by atoms with van der Waals surface area (Å²) < 4.78 is 0. The van der Waals surface area contributed by atoms with E-state index in [1.165, 1.54) is 6.34 Å². The maximum absolute atomic E-state index is 12.3. The first-order valence-corrected chi connectivity index (χ1v) is 8.17. The van der Waals surface area contributed by atoms with Crippen LogP contribution in [0.3, 0.4) is 0 Å². The highest BCUT2D eigenvalue weighted by Crippen LogP contribution is 2.20. The normalized spacial score (nSPS) is 11.9. The van der Waals surface area contributed by atoms with Gasteiger partial charge in [-0.05, 0) is 35.2 Å². The number of aliphatic imine (C=N–C) groups is 1. The molecule has 7 heteroatoms. The van der Waals surface area contributed by atoms with E-state index in [4.69, 9.17) is 10.9 Å². The standard InChI is InChI=1S/C19H22N4O3/c1-13(8-18(24)25)15-5-2-4-14(9-15)11-21-19(26)16-6-3-7-17(10-16)22-12-23-20/h2-7,9-10,12-13H,8,11,20H2,1H3,(H,21,26)(H,22,23)(H,24,25)/t13-/m1/s1. The molecule has 0 unspecified atom stereocenters. The fourth-order valence-corrected chi connectivity index (χ4v) is 2.51. The first kappa shape index (κ1) is 19.1. The Morgan fingerprint density at radius 2 is 2.00 bits per heavy atom. The summed E-state index contributed by atoms with van der Waals surface area (Å²) in [6.07, 6.45) is 1.40. The topological polar surface area (TPSA) is 117 Å². The third-order valence-corrected chi connectivity index (χ3v) is 3.85. The summed E-state index contributed by atoms with van der Waals surface area (Å²) in [4.78, 5) is 27.2. The molecule has 7 nitrogen and oxygen atoms in total. The van der Waals surface area contributed by atoms with Crippen LogP contribution in [0.5, 0.6) is 0 Å². The highest BCUT2D eigenvalue weighted by molar-refractivity contribution is 5.95. The lowest BCUT2D eigenvalue weighted by atomic mass is 9.96. The number of aliphatic carboxylic acids is 1. The second kappa shape index (κ2) is 9.33. The molecule has 0 bridgehead atoms. The molecule has 0 aromatic heterocycles. The molecule has 0 heterocycles. The van der Waals surface area contributed by atoms with Gasteiger partial charge in [-0.2, -0.15) is 0 Å². The van der Waals surface area contributed by atoms with Crippen LogP contribution in [0.2, 0.25) is 0 Å². The van der Waals surface area contributed by atoms with E-state index in [1.54, 1.807) is 24.3 Å². The Labute approximate surface area is 151 Å². The number of carboxylic acids is 1. The smallest absolute Gasteiger partial charge is 0.303 e. The molecule has 1 atom stereocenters. The quantitative estimate of drug-likeness (QED) is 0.251. The molecule has 2 rings (SSSR count). The van der Waals surface area contributed by atoms with Gasteiger partial charge in [0.15, 0.2) is 0 Å². The summed E-state index contributed by atoms with van der Waals surface area (Å²) in [6, 6.07) is 14.4. The van der Waals surface area contributed by atoms with Crippen molar-refractivity contribution in [2.24, 2.45) is 10.8 Å². The predicted molar refractivity (Wildman–Crippen MR) is 100 cm³/mol. The van der Waals surface area contributed by atoms with Gasteiger partial charge in [-0.15, -0.1) is 0 Å². The van der Waals surface area contributed by atoms with Crippen molar-refractivity contribution >= 4 is 23.9 Å². The van der Waals surface area contributed by atoms with Gasteiger partial charge in [-0.3, -0.25) is 9.59 Å². The molecule has 0 aliphatic rings. The fraction of sp³-hybridized carbons (Fsp3) is 0.211. The molecule has 0 radical (unpaired) electrons. The molecule has 0 saturated carbocycles. The summed E-state index contributed by atoms with van der Waals surface area (Å²) in [5.74, 6) is 4.00. The van der Waals surface area contributed by atoms with Crippen LogP contribution in [-0.4, -0.2) is 23.3 Å². The van der Waals surface area contributed by atoms with E-state index in [2.05, 4.69) is 15.7 Å². The van der Waals surface area contributed by atoms with Crippen molar-refractivity contribution in [3.8, 4) is 0 Å². The maximum Gasteiger partial charge on any atom is 0.303 e. The molecule has 1 amide bonds. The number of benzene rings is 2. The van der Waals surface area contributed by atoms with Crippen LogP contribution in [-0.2, 0) is 11.3 Å². The zero-order chi connectivity index (χ0) is 18.9. The molecule has 0 fully saturated rings. The van der Waals surface area contributed by atoms with Gasteiger partial charge in [0, 0.05) is 12.1 Å². The van der Waals surface area contributed by atoms with Crippen molar-refractivity contribution in [1.29, 1.82) is 0 Å². The Balaban J connectivity index is 2.01. The zero-order valence-corrected chi connectivity index (χ0v) is 14.5. The van der Waals surface area contributed by atoms with Gasteiger partial charge in [0.05, 0.1) is 12.1 Å². The van der Waals surface area contributed by atoms with Crippen LogP contribution in [0, 0.1) is 0 Å². The summed E-state index contributed by atoms with van der Waals surface area (Å²) in [5, 5.41) is 11.8. The van der Waals surface area contributed by atoms with Crippen LogP contribution in [0.1, 0.15) is 40.7 Å².